The number of benzene rings is 2. The second kappa shape index (κ2) is 7.70. The van der Waals surface area contributed by atoms with E-state index in [-0.39, 0.29) is 5.91 Å². The predicted molar refractivity (Wildman–Crippen MR) is 101 cm³/mol. The average molecular weight is 338 g/mol. The summed E-state index contributed by atoms with van der Waals surface area (Å²) in [6, 6.07) is 14.7. The first-order chi connectivity index (χ1) is 12.1. The largest absolute Gasteiger partial charge is 0.495 e. The Hall–Kier alpha value is -2.33. The molecule has 0 unspecified atom stereocenters. The van der Waals surface area contributed by atoms with Gasteiger partial charge >= 0.3 is 0 Å². The molecule has 0 bridgehead atoms. The minimum atomic E-state index is -0.0190. The van der Waals surface area contributed by atoms with Crippen molar-refractivity contribution in [1.29, 1.82) is 0 Å². The molecule has 3 rings (SSSR count). The molecule has 0 fully saturated rings. The van der Waals surface area contributed by atoms with Crippen molar-refractivity contribution in [2.24, 2.45) is 0 Å². The normalized spacial score (nSPS) is 16.4. The molecule has 0 aliphatic heterocycles. The maximum atomic E-state index is 12.5. The minimum absolute atomic E-state index is 0.0190. The molecular weight excluding hydrogens is 312 g/mol. The number of ether oxygens (including phenoxy) is 1. The highest BCUT2D eigenvalue weighted by molar-refractivity contribution is 5.93. The molecule has 0 heterocycles. The van der Waals surface area contributed by atoms with E-state index >= 15 is 0 Å². The highest BCUT2D eigenvalue weighted by Gasteiger charge is 2.24. The molecule has 4 heteroatoms. The number of hydrogen-bond acceptors (Lipinski definition) is 3. The Balaban J connectivity index is 1.69. The summed E-state index contributed by atoms with van der Waals surface area (Å²) < 4.78 is 5.34. The lowest BCUT2D eigenvalue weighted by atomic mass is 9.87. The van der Waals surface area contributed by atoms with Gasteiger partial charge in [0, 0.05) is 6.04 Å². The number of aryl methyl sites for hydroxylation is 2. The lowest BCUT2D eigenvalue weighted by Gasteiger charge is -2.32. The molecule has 4 nitrogen and oxygen atoms in total. The molecule has 0 aromatic heterocycles. The summed E-state index contributed by atoms with van der Waals surface area (Å²) in [6.45, 7) is 2.36. The molecule has 1 N–H and O–H groups in total. The molecule has 2 aromatic rings. The smallest absolute Gasteiger partial charge is 0.238 e. The lowest BCUT2D eigenvalue weighted by Crippen LogP contribution is -2.35. The molecule has 1 aliphatic carbocycles. The Kier molecular flexibility index (Phi) is 5.39. The Morgan fingerprint density at radius 3 is 2.88 bits per heavy atom. The van der Waals surface area contributed by atoms with Gasteiger partial charge in [0.25, 0.3) is 0 Å². The monoisotopic (exact) mass is 338 g/mol. The van der Waals surface area contributed by atoms with Crippen LogP contribution in [0.1, 0.15) is 35.6 Å². The van der Waals surface area contributed by atoms with Crippen LogP contribution >= 0.6 is 0 Å². The van der Waals surface area contributed by atoms with Gasteiger partial charge in [0.2, 0.25) is 5.91 Å². The summed E-state index contributed by atoms with van der Waals surface area (Å²) in [5, 5.41) is 2.99. The molecular formula is C21H26N2O2. The van der Waals surface area contributed by atoms with Crippen LogP contribution in [0.25, 0.3) is 0 Å². The van der Waals surface area contributed by atoms with Crippen LogP contribution in [-0.2, 0) is 11.2 Å². The van der Waals surface area contributed by atoms with Crippen molar-refractivity contribution in [3.8, 4) is 5.75 Å². The number of amides is 1. The molecule has 1 aliphatic rings. The maximum absolute atomic E-state index is 12.5. The van der Waals surface area contributed by atoms with Crippen molar-refractivity contribution in [2.75, 3.05) is 26.0 Å². The molecule has 0 saturated heterocycles. The van der Waals surface area contributed by atoms with Crippen LogP contribution in [-0.4, -0.2) is 31.5 Å². The van der Waals surface area contributed by atoms with Crippen molar-refractivity contribution in [3.63, 3.8) is 0 Å². The average Bonchev–Trinajstić information content (AvgIpc) is 2.61. The lowest BCUT2D eigenvalue weighted by molar-refractivity contribution is -0.117. The molecule has 132 valence electrons. The van der Waals surface area contributed by atoms with Crippen LogP contribution < -0.4 is 10.1 Å². The second-order valence-electron chi connectivity index (χ2n) is 6.77. The van der Waals surface area contributed by atoms with E-state index in [9.17, 15) is 4.79 Å². The highest BCUT2D eigenvalue weighted by Crippen LogP contribution is 2.33. The number of nitrogens with zero attached hydrogens (tertiary/aromatic N) is 1. The van der Waals surface area contributed by atoms with Crippen molar-refractivity contribution in [2.45, 2.75) is 32.2 Å². The van der Waals surface area contributed by atoms with E-state index in [1.807, 2.05) is 32.2 Å². The van der Waals surface area contributed by atoms with Crippen LogP contribution in [0.15, 0.2) is 42.5 Å². The summed E-state index contributed by atoms with van der Waals surface area (Å²) in [5.41, 5.74) is 4.58. The van der Waals surface area contributed by atoms with Crippen LogP contribution in [0, 0.1) is 6.92 Å². The Morgan fingerprint density at radius 1 is 1.28 bits per heavy atom. The van der Waals surface area contributed by atoms with Crippen LogP contribution in [0.4, 0.5) is 5.69 Å². The zero-order chi connectivity index (χ0) is 17.8. The van der Waals surface area contributed by atoms with Crippen molar-refractivity contribution in [1.82, 2.24) is 4.90 Å². The zero-order valence-electron chi connectivity index (χ0n) is 15.2. The zero-order valence-corrected chi connectivity index (χ0v) is 15.2. The number of likely N-dealkylation sites (N-methyl/N-ethyl adjacent to an activating group) is 1. The maximum Gasteiger partial charge on any atom is 0.238 e. The van der Waals surface area contributed by atoms with Gasteiger partial charge in [-0.05, 0) is 62.1 Å². The van der Waals surface area contributed by atoms with Crippen molar-refractivity contribution < 1.29 is 9.53 Å². The van der Waals surface area contributed by atoms with Gasteiger partial charge in [0.15, 0.2) is 0 Å². The third kappa shape index (κ3) is 4.02. The number of anilines is 1. The van der Waals surface area contributed by atoms with Gasteiger partial charge in [-0.3, -0.25) is 9.69 Å². The number of rotatable bonds is 5. The van der Waals surface area contributed by atoms with Crippen LogP contribution in [0.5, 0.6) is 5.75 Å². The van der Waals surface area contributed by atoms with Gasteiger partial charge in [-0.2, -0.15) is 0 Å². The molecule has 0 spiro atoms. The number of methoxy groups -OCH3 is 1. The van der Waals surface area contributed by atoms with E-state index in [4.69, 9.17) is 4.74 Å². The SMILES string of the molecule is COc1ccc(C)cc1NC(=O)CN(C)[C@H]1CCCc2ccccc21. The Bertz CT molecular complexity index is 757. The fourth-order valence-corrected chi connectivity index (χ4v) is 3.63. The molecule has 0 saturated carbocycles. The van der Waals surface area contributed by atoms with E-state index in [1.54, 1.807) is 7.11 Å². The topological polar surface area (TPSA) is 41.6 Å². The predicted octanol–water partition coefficient (Wildman–Crippen LogP) is 3.95. The number of nitrogens with one attached hydrogen (secondary N) is 1. The molecule has 1 atom stereocenters. The van der Waals surface area contributed by atoms with E-state index < -0.39 is 0 Å². The van der Waals surface area contributed by atoms with Crippen molar-refractivity contribution >= 4 is 11.6 Å². The van der Waals surface area contributed by atoms with Gasteiger partial charge in [-0.15, -0.1) is 0 Å². The minimum Gasteiger partial charge on any atom is -0.495 e. The fraction of sp³-hybridized carbons (Fsp3) is 0.381. The quantitative estimate of drug-likeness (QED) is 0.897. The van der Waals surface area contributed by atoms with Gasteiger partial charge in [0.05, 0.1) is 19.3 Å². The summed E-state index contributed by atoms with van der Waals surface area (Å²) in [7, 11) is 3.64. The number of fused-ring (bicyclic) bond motifs is 1. The first-order valence-electron chi connectivity index (χ1n) is 8.81. The summed E-state index contributed by atoms with van der Waals surface area (Å²) in [4.78, 5) is 14.7. The van der Waals surface area contributed by atoms with E-state index in [0.29, 0.717) is 18.3 Å². The molecule has 25 heavy (non-hydrogen) atoms. The summed E-state index contributed by atoms with van der Waals surface area (Å²) in [5.74, 6) is 0.666. The summed E-state index contributed by atoms with van der Waals surface area (Å²) >= 11 is 0. The highest BCUT2D eigenvalue weighted by atomic mass is 16.5. The van der Waals surface area contributed by atoms with E-state index in [1.165, 1.54) is 17.5 Å². The van der Waals surface area contributed by atoms with Gasteiger partial charge in [-0.25, -0.2) is 0 Å². The number of carbonyl (C=O) groups is 1. The van der Waals surface area contributed by atoms with Crippen LogP contribution in [0.3, 0.4) is 0 Å². The summed E-state index contributed by atoms with van der Waals surface area (Å²) in [6.07, 6.45) is 3.39. The second-order valence-corrected chi connectivity index (χ2v) is 6.77. The Morgan fingerprint density at radius 2 is 2.08 bits per heavy atom. The van der Waals surface area contributed by atoms with E-state index in [2.05, 4.69) is 34.5 Å². The molecule has 1 amide bonds. The first kappa shape index (κ1) is 17.5. The molecule has 2 aromatic carbocycles. The fourth-order valence-electron chi connectivity index (χ4n) is 3.63. The van der Waals surface area contributed by atoms with Gasteiger partial charge in [-0.1, -0.05) is 30.3 Å². The number of hydrogen-bond donors (Lipinski definition) is 1. The van der Waals surface area contributed by atoms with Gasteiger partial charge in [0.1, 0.15) is 5.75 Å². The standard InChI is InChI=1S/C21H26N2O2/c1-15-11-12-20(25-3)18(13-15)22-21(24)14-23(2)19-10-6-8-16-7-4-5-9-17(16)19/h4-5,7,9,11-13,19H,6,8,10,14H2,1-3H3,(H,22,24)/t19-/m0/s1. The number of carbonyl (C=O) groups excluding carboxylic acids is 1. The Labute approximate surface area is 149 Å². The van der Waals surface area contributed by atoms with Crippen molar-refractivity contribution in [3.05, 3.63) is 59.2 Å². The van der Waals surface area contributed by atoms with E-state index in [0.717, 1.165) is 24.1 Å². The molecule has 0 radical (unpaired) electrons. The third-order valence-electron chi connectivity index (χ3n) is 4.89. The van der Waals surface area contributed by atoms with Crippen LogP contribution in [0.2, 0.25) is 0 Å². The van der Waals surface area contributed by atoms with Gasteiger partial charge < -0.3 is 10.1 Å². The third-order valence-corrected chi connectivity index (χ3v) is 4.89. The first-order valence-corrected chi connectivity index (χ1v) is 8.81.